The lowest BCUT2D eigenvalue weighted by molar-refractivity contribution is -0.116. The molecule has 0 saturated heterocycles. The summed E-state index contributed by atoms with van der Waals surface area (Å²) in [6.07, 6.45) is 2.59. The first-order chi connectivity index (χ1) is 15.8. The molecule has 4 rings (SSSR count). The van der Waals surface area contributed by atoms with Gasteiger partial charge in [0.2, 0.25) is 15.9 Å². The predicted molar refractivity (Wildman–Crippen MR) is 126 cm³/mol. The molecule has 33 heavy (non-hydrogen) atoms. The van der Waals surface area contributed by atoms with Gasteiger partial charge >= 0.3 is 0 Å². The SMILES string of the molecule is Cc1ccnc(Nc2cc(NCCNS(=O)(=O)c3ccc4c(c3)CCC(=O)N4)nc(C)n2)c1. The number of benzene rings is 1. The third-order valence-corrected chi connectivity index (χ3v) is 6.47. The zero-order chi connectivity index (χ0) is 23.4. The summed E-state index contributed by atoms with van der Waals surface area (Å²) < 4.78 is 27.9. The molecule has 0 radical (unpaired) electrons. The van der Waals surface area contributed by atoms with Gasteiger partial charge in [-0.15, -0.1) is 0 Å². The molecule has 1 aliphatic rings. The number of aromatic nitrogens is 3. The smallest absolute Gasteiger partial charge is 0.240 e. The van der Waals surface area contributed by atoms with Crippen molar-refractivity contribution in [2.45, 2.75) is 31.6 Å². The molecule has 2 aromatic heterocycles. The van der Waals surface area contributed by atoms with Gasteiger partial charge in [-0.25, -0.2) is 28.1 Å². The zero-order valence-electron chi connectivity index (χ0n) is 18.3. The van der Waals surface area contributed by atoms with Crippen LogP contribution in [0.15, 0.2) is 47.5 Å². The topological polar surface area (TPSA) is 138 Å². The quantitative estimate of drug-likeness (QED) is 0.371. The maximum atomic E-state index is 12.7. The van der Waals surface area contributed by atoms with Crippen molar-refractivity contribution in [2.24, 2.45) is 0 Å². The number of aryl methyl sites for hydroxylation is 3. The molecule has 172 valence electrons. The first-order valence-corrected chi connectivity index (χ1v) is 12.0. The van der Waals surface area contributed by atoms with Gasteiger partial charge in [-0.2, -0.15) is 0 Å². The summed E-state index contributed by atoms with van der Waals surface area (Å²) in [6.45, 7) is 4.26. The Kier molecular flexibility index (Phi) is 6.52. The normalized spacial score (nSPS) is 13.2. The fourth-order valence-corrected chi connectivity index (χ4v) is 4.53. The first-order valence-electron chi connectivity index (χ1n) is 10.5. The molecule has 0 fully saturated rings. The van der Waals surface area contributed by atoms with Gasteiger partial charge in [0.1, 0.15) is 23.3 Å². The standard InChI is InChI=1S/C22H25N7O3S/c1-14-7-8-23-19(11-14)29-21-13-20(26-15(2)27-21)24-9-10-25-33(31,32)17-4-5-18-16(12-17)3-6-22(30)28-18/h4-5,7-8,11-13,25H,3,6,9-10H2,1-2H3,(H,28,30)(H2,23,24,26,27,29). The highest BCUT2D eigenvalue weighted by Crippen LogP contribution is 2.25. The number of rotatable bonds is 8. The van der Waals surface area contributed by atoms with Gasteiger partial charge in [0.05, 0.1) is 4.90 Å². The van der Waals surface area contributed by atoms with Crippen molar-refractivity contribution in [3.05, 3.63) is 59.5 Å². The van der Waals surface area contributed by atoms with Gasteiger partial charge in [0, 0.05) is 37.5 Å². The summed E-state index contributed by atoms with van der Waals surface area (Å²) >= 11 is 0. The average Bonchev–Trinajstić information content (AvgIpc) is 2.76. The van der Waals surface area contributed by atoms with Crippen molar-refractivity contribution >= 4 is 39.1 Å². The molecule has 10 nitrogen and oxygen atoms in total. The molecule has 0 unspecified atom stereocenters. The van der Waals surface area contributed by atoms with E-state index in [9.17, 15) is 13.2 Å². The minimum atomic E-state index is -3.68. The van der Waals surface area contributed by atoms with E-state index >= 15 is 0 Å². The largest absolute Gasteiger partial charge is 0.369 e. The Labute approximate surface area is 192 Å². The Balaban J connectivity index is 1.35. The summed E-state index contributed by atoms with van der Waals surface area (Å²) in [5, 5.41) is 9.02. The summed E-state index contributed by atoms with van der Waals surface area (Å²) in [7, 11) is -3.68. The molecule has 0 aliphatic carbocycles. The number of carbonyl (C=O) groups is 1. The van der Waals surface area contributed by atoms with Gasteiger partial charge < -0.3 is 16.0 Å². The van der Waals surface area contributed by atoms with Crippen molar-refractivity contribution in [1.82, 2.24) is 19.7 Å². The van der Waals surface area contributed by atoms with Gasteiger partial charge in [0.15, 0.2) is 0 Å². The molecule has 3 aromatic rings. The van der Waals surface area contributed by atoms with Crippen LogP contribution >= 0.6 is 0 Å². The third kappa shape index (κ3) is 5.82. The van der Waals surface area contributed by atoms with Crippen LogP contribution in [0.25, 0.3) is 0 Å². The number of amides is 1. The average molecular weight is 468 g/mol. The predicted octanol–water partition coefficient (Wildman–Crippen LogP) is 2.51. The fraction of sp³-hybridized carbons (Fsp3) is 0.273. The Morgan fingerprint density at radius 3 is 2.61 bits per heavy atom. The molecular formula is C22H25N7O3S. The van der Waals surface area contributed by atoms with Crippen LogP contribution in [-0.4, -0.2) is 42.4 Å². The minimum Gasteiger partial charge on any atom is -0.369 e. The van der Waals surface area contributed by atoms with E-state index in [4.69, 9.17) is 0 Å². The summed E-state index contributed by atoms with van der Waals surface area (Å²) in [5.41, 5.74) is 2.55. The van der Waals surface area contributed by atoms with E-state index in [1.807, 2.05) is 19.1 Å². The minimum absolute atomic E-state index is 0.0595. The van der Waals surface area contributed by atoms with Crippen molar-refractivity contribution < 1.29 is 13.2 Å². The van der Waals surface area contributed by atoms with Crippen LogP contribution in [0.2, 0.25) is 0 Å². The number of fused-ring (bicyclic) bond motifs is 1. The summed E-state index contributed by atoms with van der Waals surface area (Å²) in [6, 6.07) is 10.3. The number of nitrogens with one attached hydrogen (secondary N) is 4. The van der Waals surface area contributed by atoms with E-state index in [-0.39, 0.29) is 17.3 Å². The van der Waals surface area contributed by atoms with E-state index < -0.39 is 10.0 Å². The molecule has 0 spiro atoms. The molecule has 0 atom stereocenters. The fourth-order valence-electron chi connectivity index (χ4n) is 3.44. The summed E-state index contributed by atoms with van der Waals surface area (Å²) in [4.78, 5) is 24.6. The molecule has 3 heterocycles. The zero-order valence-corrected chi connectivity index (χ0v) is 19.2. The van der Waals surface area contributed by atoms with Crippen molar-refractivity contribution in [3.63, 3.8) is 0 Å². The Morgan fingerprint density at radius 2 is 1.79 bits per heavy atom. The van der Waals surface area contributed by atoms with Crippen molar-refractivity contribution in [1.29, 1.82) is 0 Å². The Bertz CT molecular complexity index is 1290. The van der Waals surface area contributed by atoms with Crippen molar-refractivity contribution in [2.75, 3.05) is 29.0 Å². The number of nitrogens with zero attached hydrogens (tertiary/aromatic N) is 3. The van der Waals surface area contributed by atoms with Crippen LogP contribution in [0.1, 0.15) is 23.4 Å². The lowest BCUT2D eigenvalue weighted by Crippen LogP contribution is -2.29. The molecule has 0 saturated carbocycles. The van der Waals surface area contributed by atoms with Crippen LogP contribution in [0.3, 0.4) is 0 Å². The maximum Gasteiger partial charge on any atom is 0.240 e. The van der Waals surface area contributed by atoms with E-state index in [0.717, 1.165) is 11.1 Å². The number of pyridine rings is 1. The first kappa shape index (κ1) is 22.6. The Hall–Kier alpha value is -3.57. The highest BCUT2D eigenvalue weighted by Gasteiger charge is 2.19. The van der Waals surface area contributed by atoms with Gasteiger partial charge in [-0.1, -0.05) is 0 Å². The molecule has 1 amide bonds. The molecule has 11 heteroatoms. The second kappa shape index (κ2) is 9.51. The number of hydrogen-bond donors (Lipinski definition) is 4. The van der Waals surface area contributed by atoms with Gasteiger partial charge in [0.25, 0.3) is 0 Å². The monoisotopic (exact) mass is 467 g/mol. The number of anilines is 4. The third-order valence-electron chi connectivity index (χ3n) is 5.02. The molecule has 0 bridgehead atoms. The number of carbonyl (C=O) groups excluding carboxylic acids is 1. The lowest BCUT2D eigenvalue weighted by Gasteiger charge is -2.17. The second-order valence-corrected chi connectivity index (χ2v) is 9.49. The van der Waals surface area contributed by atoms with E-state index in [2.05, 4.69) is 35.6 Å². The maximum absolute atomic E-state index is 12.7. The van der Waals surface area contributed by atoms with Crippen molar-refractivity contribution in [3.8, 4) is 0 Å². The van der Waals surface area contributed by atoms with Crippen LogP contribution < -0.4 is 20.7 Å². The molecule has 1 aliphatic heterocycles. The van der Waals surface area contributed by atoms with Crippen LogP contribution in [0.5, 0.6) is 0 Å². The number of sulfonamides is 1. The lowest BCUT2D eigenvalue weighted by atomic mass is 10.0. The molecular weight excluding hydrogens is 442 g/mol. The summed E-state index contributed by atoms with van der Waals surface area (Å²) in [5.74, 6) is 2.34. The highest BCUT2D eigenvalue weighted by molar-refractivity contribution is 7.89. The van der Waals surface area contributed by atoms with E-state index in [0.29, 0.717) is 48.4 Å². The van der Waals surface area contributed by atoms with Crippen LogP contribution in [-0.2, 0) is 21.2 Å². The highest BCUT2D eigenvalue weighted by atomic mass is 32.2. The molecule has 4 N–H and O–H groups in total. The van der Waals surface area contributed by atoms with E-state index in [1.54, 1.807) is 31.3 Å². The number of hydrogen-bond acceptors (Lipinski definition) is 8. The van der Waals surface area contributed by atoms with Gasteiger partial charge in [-0.3, -0.25) is 4.79 Å². The second-order valence-electron chi connectivity index (χ2n) is 7.72. The van der Waals surface area contributed by atoms with Gasteiger partial charge in [-0.05, 0) is 61.7 Å². The van der Waals surface area contributed by atoms with Crippen LogP contribution in [0.4, 0.5) is 23.1 Å². The molecule has 1 aromatic carbocycles. The van der Waals surface area contributed by atoms with Crippen LogP contribution in [0, 0.1) is 13.8 Å². The Morgan fingerprint density at radius 1 is 0.970 bits per heavy atom. The van der Waals surface area contributed by atoms with E-state index in [1.165, 1.54) is 6.07 Å².